The quantitative estimate of drug-likeness (QED) is 0.892. The summed E-state index contributed by atoms with van der Waals surface area (Å²) in [5, 5.41) is 3.11. The molecule has 1 aromatic rings. The number of nitrogens with zero attached hydrogens (tertiary/aromatic N) is 2. The Bertz CT molecular complexity index is 556. The maximum atomic E-state index is 12.7. The van der Waals surface area contributed by atoms with Gasteiger partial charge in [-0.25, -0.2) is 4.79 Å². The first-order valence-electron chi connectivity index (χ1n) is 9.29. The lowest BCUT2D eigenvalue weighted by atomic mass is 10.0. The Kier molecular flexibility index (Phi) is 6.85. The van der Waals surface area contributed by atoms with Gasteiger partial charge in [-0.3, -0.25) is 4.79 Å². The molecule has 0 unspecified atom stereocenters. The van der Waals surface area contributed by atoms with E-state index in [1.54, 1.807) is 0 Å². The van der Waals surface area contributed by atoms with Gasteiger partial charge >= 0.3 is 6.03 Å². The van der Waals surface area contributed by atoms with Crippen LogP contribution in [-0.4, -0.2) is 53.0 Å². The summed E-state index contributed by atoms with van der Waals surface area (Å²) in [7, 11) is 0. The maximum Gasteiger partial charge on any atom is 0.320 e. The molecule has 5 nitrogen and oxygen atoms in total. The van der Waals surface area contributed by atoms with E-state index >= 15 is 0 Å². The third kappa shape index (κ3) is 5.48. The molecule has 0 bridgehead atoms. The number of piperidine rings is 1. The number of hydrogen-bond donors (Lipinski definition) is 1. The van der Waals surface area contributed by atoms with E-state index in [9.17, 15) is 9.59 Å². The molecule has 25 heavy (non-hydrogen) atoms. The zero-order valence-corrected chi connectivity index (χ0v) is 15.9. The van der Waals surface area contributed by atoms with Gasteiger partial charge in [0.25, 0.3) is 0 Å². The summed E-state index contributed by atoms with van der Waals surface area (Å²) >= 11 is 0. The van der Waals surface area contributed by atoms with E-state index in [4.69, 9.17) is 0 Å². The van der Waals surface area contributed by atoms with E-state index in [-0.39, 0.29) is 30.1 Å². The van der Waals surface area contributed by atoms with Gasteiger partial charge in [0.05, 0.1) is 6.42 Å². The second-order valence-electron chi connectivity index (χ2n) is 7.37. The molecule has 0 spiro atoms. The lowest BCUT2D eigenvalue weighted by Crippen LogP contribution is -2.54. The molecule has 0 saturated carbocycles. The first kappa shape index (κ1) is 19.3. The summed E-state index contributed by atoms with van der Waals surface area (Å²) in [5.41, 5.74) is 1.03. The summed E-state index contributed by atoms with van der Waals surface area (Å²) in [6.07, 6.45) is 2.04. The summed E-state index contributed by atoms with van der Waals surface area (Å²) < 4.78 is 0. The minimum Gasteiger partial charge on any atom is -0.353 e. The van der Waals surface area contributed by atoms with Crippen molar-refractivity contribution in [1.82, 2.24) is 15.1 Å². The molecule has 1 aliphatic rings. The number of carbonyl (C=O) groups is 2. The summed E-state index contributed by atoms with van der Waals surface area (Å²) in [4.78, 5) is 28.7. The van der Waals surface area contributed by atoms with Gasteiger partial charge in [-0.05, 0) is 46.1 Å². The van der Waals surface area contributed by atoms with Crippen LogP contribution in [0.1, 0.15) is 46.1 Å². The summed E-state index contributed by atoms with van der Waals surface area (Å²) in [5.74, 6) is 0.0574. The van der Waals surface area contributed by atoms with E-state index in [2.05, 4.69) is 33.0 Å². The molecular weight excluding hydrogens is 314 g/mol. The molecule has 0 radical (unpaired) electrons. The standard InChI is InChI=1S/C20H31N3O2/c1-15(2)23(16(3)4)20(25)22-12-10-18(11-13-22)21-19(24)14-17-8-6-5-7-9-17/h5-9,15-16,18H,10-14H2,1-4H3,(H,21,24). The average Bonchev–Trinajstić information content (AvgIpc) is 2.55. The van der Waals surface area contributed by atoms with Crippen LogP contribution in [0.25, 0.3) is 0 Å². The van der Waals surface area contributed by atoms with E-state index in [0.29, 0.717) is 19.5 Å². The van der Waals surface area contributed by atoms with Crippen molar-refractivity contribution in [3.8, 4) is 0 Å². The zero-order valence-electron chi connectivity index (χ0n) is 15.9. The Morgan fingerprint density at radius 1 is 1.08 bits per heavy atom. The monoisotopic (exact) mass is 345 g/mol. The predicted molar refractivity (Wildman–Crippen MR) is 100 cm³/mol. The Balaban J connectivity index is 1.81. The van der Waals surface area contributed by atoms with Crippen molar-refractivity contribution in [2.24, 2.45) is 0 Å². The summed E-state index contributed by atoms with van der Waals surface area (Å²) in [6, 6.07) is 10.4. The van der Waals surface area contributed by atoms with E-state index < -0.39 is 0 Å². The Hall–Kier alpha value is -2.04. The van der Waals surface area contributed by atoms with Gasteiger partial charge in [-0.2, -0.15) is 0 Å². The lowest BCUT2D eigenvalue weighted by Gasteiger charge is -2.39. The van der Waals surface area contributed by atoms with Gasteiger partial charge in [0.1, 0.15) is 0 Å². The number of carbonyl (C=O) groups excluding carboxylic acids is 2. The van der Waals surface area contributed by atoms with Crippen molar-refractivity contribution >= 4 is 11.9 Å². The second kappa shape index (κ2) is 8.88. The molecule has 1 heterocycles. The van der Waals surface area contributed by atoms with Crippen LogP contribution in [0.3, 0.4) is 0 Å². The molecule has 2 rings (SSSR count). The number of benzene rings is 1. The molecule has 0 atom stereocenters. The lowest BCUT2D eigenvalue weighted by molar-refractivity contribution is -0.121. The molecule has 1 saturated heterocycles. The highest BCUT2D eigenvalue weighted by Gasteiger charge is 2.29. The third-order valence-electron chi connectivity index (χ3n) is 4.67. The highest BCUT2D eigenvalue weighted by molar-refractivity contribution is 5.79. The normalized spacial score (nSPS) is 15.5. The molecule has 5 heteroatoms. The van der Waals surface area contributed by atoms with Gasteiger partial charge in [0.15, 0.2) is 0 Å². The number of rotatable bonds is 5. The van der Waals surface area contributed by atoms with Crippen LogP contribution in [0.2, 0.25) is 0 Å². The fourth-order valence-corrected chi connectivity index (χ4v) is 3.48. The molecule has 138 valence electrons. The molecule has 3 amide bonds. The Labute approximate surface area is 151 Å². The van der Waals surface area contributed by atoms with Gasteiger partial charge in [0.2, 0.25) is 5.91 Å². The van der Waals surface area contributed by atoms with Crippen molar-refractivity contribution in [3.63, 3.8) is 0 Å². The number of likely N-dealkylation sites (tertiary alicyclic amines) is 1. The smallest absolute Gasteiger partial charge is 0.320 e. The van der Waals surface area contributed by atoms with Crippen LogP contribution in [-0.2, 0) is 11.2 Å². The van der Waals surface area contributed by atoms with Crippen LogP contribution in [0, 0.1) is 0 Å². The fourth-order valence-electron chi connectivity index (χ4n) is 3.48. The topological polar surface area (TPSA) is 52.7 Å². The average molecular weight is 345 g/mol. The fraction of sp³-hybridized carbons (Fsp3) is 0.600. The van der Waals surface area contributed by atoms with Crippen LogP contribution in [0.4, 0.5) is 4.79 Å². The zero-order chi connectivity index (χ0) is 18.4. The van der Waals surface area contributed by atoms with Crippen molar-refractivity contribution < 1.29 is 9.59 Å². The van der Waals surface area contributed by atoms with Gasteiger partial charge in [-0.1, -0.05) is 30.3 Å². The molecule has 0 aromatic heterocycles. The molecule has 1 aliphatic heterocycles. The maximum absolute atomic E-state index is 12.7. The van der Waals surface area contributed by atoms with Gasteiger partial charge in [-0.15, -0.1) is 0 Å². The highest BCUT2D eigenvalue weighted by Crippen LogP contribution is 2.16. The number of amides is 3. The van der Waals surface area contributed by atoms with E-state index in [1.165, 1.54) is 0 Å². The molecule has 1 fully saturated rings. The van der Waals surface area contributed by atoms with Crippen LogP contribution < -0.4 is 5.32 Å². The molecule has 1 aromatic carbocycles. The van der Waals surface area contributed by atoms with Crippen LogP contribution >= 0.6 is 0 Å². The van der Waals surface area contributed by atoms with E-state index in [0.717, 1.165) is 18.4 Å². The minimum absolute atomic E-state index is 0.0574. The second-order valence-corrected chi connectivity index (χ2v) is 7.37. The van der Waals surface area contributed by atoms with Crippen molar-refractivity contribution in [2.75, 3.05) is 13.1 Å². The van der Waals surface area contributed by atoms with Crippen LogP contribution in [0.15, 0.2) is 30.3 Å². The molecule has 0 aliphatic carbocycles. The largest absolute Gasteiger partial charge is 0.353 e. The number of hydrogen-bond acceptors (Lipinski definition) is 2. The van der Waals surface area contributed by atoms with Gasteiger partial charge < -0.3 is 15.1 Å². The number of nitrogens with one attached hydrogen (secondary N) is 1. The van der Waals surface area contributed by atoms with Gasteiger partial charge in [0, 0.05) is 31.2 Å². The number of urea groups is 1. The molecular formula is C20H31N3O2. The highest BCUT2D eigenvalue weighted by atomic mass is 16.2. The predicted octanol–water partition coefficient (Wildman–Crippen LogP) is 3.05. The first-order valence-corrected chi connectivity index (χ1v) is 9.29. The van der Waals surface area contributed by atoms with E-state index in [1.807, 2.05) is 40.1 Å². The molecule has 1 N–H and O–H groups in total. The van der Waals surface area contributed by atoms with Crippen molar-refractivity contribution in [1.29, 1.82) is 0 Å². The third-order valence-corrected chi connectivity index (χ3v) is 4.67. The first-order chi connectivity index (χ1) is 11.9. The Morgan fingerprint density at radius 2 is 1.64 bits per heavy atom. The Morgan fingerprint density at radius 3 is 2.16 bits per heavy atom. The summed E-state index contributed by atoms with van der Waals surface area (Å²) in [6.45, 7) is 9.60. The minimum atomic E-state index is 0.0574. The van der Waals surface area contributed by atoms with Crippen molar-refractivity contribution in [3.05, 3.63) is 35.9 Å². The van der Waals surface area contributed by atoms with Crippen LogP contribution in [0.5, 0.6) is 0 Å². The van der Waals surface area contributed by atoms with Crippen molar-refractivity contribution in [2.45, 2.75) is 65.1 Å². The SMILES string of the molecule is CC(C)N(C(=O)N1CCC(NC(=O)Cc2ccccc2)CC1)C(C)C.